The van der Waals surface area contributed by atoms with Crippen LogP contribution >= 0.6 is 0 Å². The second kappa shape index (κ2) is 4.69. The summed E-state index contributed by atoms with van der Waals surface area (Å²) in [4.78, 5) is 0. The lowest BCUT2D eigenvalue weighted by Gasteiger charge is -2.42. The van der Waals surface area contributed by atoms with E-state index in [-0.39, 0.29) is 16.2 Å². The fourth-order valence-corrected chi connectivity index (χ4v) is 4.46. The first-order valence-electron chi connectivity index (χ1n) is 8.63. The van der Waals surface area contributed by atoms with Gasteiger partial charge in [-0.1, -0.05) is 45.9 Å². The van der Waals surface area contributed by atoms with Crippen LogP contribution in [0, 0.1) is 12.3 Å². The molecular weight excluding hydrogens is 278 g/mol. The normalized spacial score (nSPS) is 20.3. The molecule has 0 fully saturated rings. The van der Waals surface area contributed by atoms with Crippen molar-refractivity contribution in [2.75, 3.05) is 0 Å². The number of pyridine rings is 1. The lowest BCUT2D eigenvalue weighted by Crippen LogP contribution is -2.47. The zero-order valence-corrected chi connectivity index (χ0v) is 15.9. The predicted octanol–water partition coefficient (Wildman–Crippen LogP) is 5.08. The SMILES string of the molecule is Cc1ccccc1-c1ccc2c([n+]1C)C(C)(C)C(C)(C)C2(C)C. The van der Waals surface area contributed by atoms with E-state index in [2.05, 4.69) is 96.5 Å². The summed E-state index contributed by atoms with van der Waals surface area (Å²) in [7, 11) is 2.24. The van der Waals surface area contributed by atoms with Crippen LogP contribution in [0.2, 0.25) is 0 Å². The van der Waals surface area contributed by atoms with Gasteiger partial charge in [0.1, 0.15) is 7.05 Å². The van der Waals surface area contributed by atoms with E-state index in [0.29, 0.717) is 0 Å². The number of fused-ring (bicyclic) bond motifs is 1. The average molecular weight is 308 g/mol. The summed E-state index contributed by atoms with van der Waals surface area (Å²) in [6.07, 6.45) is 0. The molecule has 0 atom stereocenters. The first kappa shape index (κ1) is 16.2. The third-order valence-electron chi connectivity index (χ3n) is 7.17. The topological polar surface area (TPSA) is 3.88 Å². The molecule has 1 aromatic heterocycles. The summed E-state index contributed by atoms with van der Waals surface area (Å²) < 4.78 is 2.44. The summed E-state index contributed by atoms with van der Waals surface area (Å²) >= 11 is 0. The van der Waals surface area contributed by atoms with E-state index in [9.17, 15) is 0 Å². The van der Waals surface area contributed by atoms with Crippen molar-refractivity contribution in [2.24, 2.45) is 12.5 Å². The molecule has 0 bridgehead atoms. The van der Waals surface area contributed by atoms with Crippen molar-refractivity contribution in [2.45, 2.75) is 59.3 Å². The van der Waals surface area contributed by atoms with Crippen LogP contribution in [0.25, 0.3) is 11.3 Å². The van der Waals surface area contributed by atoms with Crippen LogP contribution < -0.4 is 4.57 Å². The third-order valence-corrected chi connectivity index (χ3v) is 7.17. The number of rotatable bonds is 1. The molecule has 1 aromatic carbocycles. The van der Waals surface area contributed by atoms with Gasteiger partial charge in [-0.05, 0) is 43.9 Å². The zero-order chi connectivity index (χ0) is 17.2. The smallest absolute Gasteiger partial charge is 0.198 e. The highest BCUT2D eigenvalue weighted by Gasteiger charge is 2.61. The van der Waals surface area contributed by atoms with Crippen LogP contribution in [0.15, 0.2) is 36.4 Å². The summed E-state index contributed by atoms with van der Waals surface area (Å²) in [5.74, 6) is 0. The van der Waals surface area contributed by atoms with Gasteiger partial charge in [-0.2, -0.15) is 4.57 Å². The van der Waals surface area contributed by atoms with Crippen LogP contribution in [0.1, 0.15) is 58.4 Å². The van der Waals surface area contributed by atoms with Crippen molar-refractivity contribution in [3.8, 4) is 11.3 Å². The van der Waals surface area contributed by atoms with E-state index in [1.54, 1.807) is 0 Å². The van der Waals surface area contributed by atoms with Gasteiger partial charge in [0.2, 0.25) is 5.69 Å². The molecule has 2 aromatic rings. The molecule has 0 saturated heterocycles. The van der Waals surface area contributed by atoms with Gasteiger partial charge in [-0.25, -0.2) is 0 Å². The van der Waals surface area contributed by atoms with Gasteiger partial charge in [-0.15, -0.1) is 0 Å². The molecule has 122 valence electrons. The quantitative estimate of drug-likeness (QED) is 0.647. The first-order chi connectivity index (χ1) is 10.5. The number of nitrogens with zero attached hydrogens (tertiary/aromatic N) is 1. The highest BCUT2D eigenvalue weighted by Crippen LogP contribution is 2.60. The maximum absolute atomic E-state index is 2.44. The molecule has 0 amide bonds. The molecule has 1 heteroatoms. The Bertz CT molecular complexity index is 779. The van der Waals surface area contributed by atoms with Crippen LogP contribution in [-0.4, -0.2) is 0 Å². The van der Waals surface area contributed by atoms with E-state index in [1.165, 1.54) is 28.1 Å². The number of hydrogen-bond acceptors (Lipinski definition) is 0. The van der Waals surface area contributed by atoms with Gasteiger partial charge in [0.15, 0.2) is 5.69 Å². The fourth-order valence-electron chi connectivity index (χ4n) is 4.46. The summed E-state index contributed by atoms with van der Waals surface area (Å²) in [5.41, 5.74) is 7.43. The molecular formula is C22H30N+. The van der Waals surface area contributed by atoms with Crippen molar-refractivity contribution in [1.29, 1.82) is 0 Å². The average Bonchev–Trinajstić information content (AvgIpc) is 2.56. The van der Waals surface area contributed by atoms with Crippen molar-refractivity contribution >= 4 is 0 Å². The van der Waals surface area contributed by atoms with E-state index in [1.807, 2.05) is 0 Å². The summed E-state index contributed by atoms with van der Waals surface area (Å²) in [5, 5.41) is 0. The molecule has 3 rings (SSSR count). The van der Waals surface area contributed by atoms with Gasteiger partial charge in [-0.3, -0.25) is 0 Å². The molecule has 1 aliphatic carbocycles. The molecule has 1 aliphatic rings. The molecule has 0 saturated carbocycles. The molecule has 23 heavy (non-hydrogen) atoms. The van der Waals surface area contributed by atoms with Crippen LogP contribution in [0.3, 0.4) is 0 Å². The molecule has 0 N–H and O–H groups in total. The highest BCUT2D eigenvalue weighted by atomic mass is 15.0. The molecule has 0 aliphatic heterocycles. The Morgan fingerprint density at radius 3 is 2.00 bits per heavy atom. The Morgan fingerprint density at radius 1 is 0.783 bits per heavy atom. The second-order valence-electron chi connectivity index (χ2n) is 8.73. The first-order valence-corrected chi connectivity index (χ1v) is 8.63. The van der Waals surface area contributed by atoms with Gasteiger partial charge in [0.25, 0.3) is 0 Å². The highest BCUT2D eigenvalue weighted by molar-refractivity contribution is 5.62. The van der Waals surface area contributed by atoms with Gasteiger partial charge < -0.3 is 0 Å². The van der Waals surface area contributed by atoms with Crippen molar-refractivity contribution < 1.29 is 4.57 Å². The maximum Gasteiger partial charge on any atom is 0.212 e. The minimum Gasteiger partial charge on any atom is -0.198 e. The Kier molecular flexibility index (Phi) is 3.31. The van der Waals surface area contributed by atoms with Gasteiger partial charge in [0.05, 0.1) is 5.41 Å². The minimum absolute atomic E-state index is 0.124. The predicted molar refractivity (Wildman–Crippen MR) is 97.6 cm³/mol. The number of aromatic nitrogens is 1. The third kappa shape index (κ3) is 1.89. The Balaban J connectivity index is 2.34. The monoisotopic (exact) mass is 308 g/mol. The summed E-state index contributed by atoms with van der Waals surface area (Å²) in [6.45, 7) is 16.6. The fraction of sp³-hybridized carbons (Fsp3) is 0.500. The van der Waals surface area contributed by atoms with Crippen molar-refractivity contribution in [1.82, 2.24) is 0 Å². The standard InChI is InChI=1S/C22H30N/c1-15-11-9-10-12-16(15)18-14-13-17-19(23(18)8)21(4,5)22(6,7)20(17,2)3/h9-14H,1-8H3/q+1. The lowest BCUT2D eigenvalue weighted by molar-refractivity contribution is -0.672. The Morgan fingerprint density at radius 2 is 1.39 bits per heavy atom. The Labute approximate surface area is 141 Å². The lowest BCUT2D eigenvalue weighted by atomic mass is 9.59. The van der Waals surface area contributed by atoms with Crippen LogP contribution in [0.5, 0.6) is 0 Å². The van der Waals surface area contributed by atoms with E-state index >= 15 is 0 Å². The molecule has 1 nitrogen and oxygen atoms in total. The maximum atomic E-state index is 2.44. The van der Waals surface area contributed by atoms with Gasteiger partial charge in [0, 0.05) is 22.6 Å². The van der Waals surface area contributed by atoms with Crippen molar-refractivity contribution in [3.63, 3.8) is 0 Å². The number of hydrogen-bond donors (Lipinski definition) is 0. The van der Waals surface area contributed by atoms with E-state index in [4.69, 9.17) is 0 Å². The second-order valence-corrected chi connectivity index (χ2v) is 8.73. The Hall–Kier alpha value is -1.63. The van der Waals surface area contributed by atoms with Crippen molar-refractivity contribution in [3.05, 3.63) is 53.2 Å². The zero-order valence-electron chi connectivity index (χ0n) is 15.9. The summed E-state index contributed by atoms with van der Waals surface area (Å²) in [6, 6.07) is 13.3. The largest absolute Gasteiger partial charge is 0.212 e. The van der Waals surface area contributed by atoms with Crippen LogP contribution in [0.4, 0.5) is 0 Å². The molecule has 1 heterocycles. The minimum atomic E-state index is 0.124. The van der Waals surface area contributed by atoms with E-state index in [0.717, 1.165) is 0 Å². The number of benzene rings is 1. The van der Waals surface area contributed by atoms with Crippen LogP contribution in [-0.2, 0) is 17.9 Å². The van der Waals surface area contributed by atoms with E-state index < -0.39 is 0 Å². The van der Waals surface area contributed by atoms with Gasteiger partial charge >= 0.3 is 0 Å². The molecule has 0 unspecified atom stereocenters. The molecule has 0 radical (unpaired) electrons. The number of aryl methyl sites for hydroxylation is 1. The molecule has 0 spiro atoms.